The summed E-state index contributed by atoms with van der Waals surface area (Å²) in [6.45, 7) is 0. The van der Waals surface area contributed by atoms with Crippen LogP contribution in [0.3, 0.4) is 0 Å². The second kappa shape index (κ2) is 5.24. The van der Waals surface area contributed by atoms with E-state index in [1.807, 2.05) is 12.1 Å². The molecule has 2 aromatic rings. The molecule has 112 valence electrons. The van der Waals surface area contributed by atoms with Crippen molar-refractivity contribution in [3.8, 4) is 0 Å². The zero-order valence-electron chi connectivity index (χ0n) is 12.3. The Labute approximate surface area is 124 Å². The number of H-pyrrole nitrogens is 2. The Morgan fingerprint density at radius 2 is 1.76 bits per heavy atom. The molecule has 2 fully saturated rings. The van der Waals surface area contributed by atoms with Crippen molar-refractivity contribution >= 4 is 16.7 Å². The molecular weight excluding hydrogens is 262 g/mol. The Hall–Kier alpha value is -1.71. The molecule has 1 aromatic heterocycles. The molecule has 0 bridgehead atoms. The number of imidazole rings is 1. The zero-order chi connectivity index (χ0) is 14.2. The van der Waals surface area contributed by atoms with E-state index < -0.39 is 0 Å². The van der Waals surface area contributed by atoms with Crippen molar-refractivity contribution in [1.29, 1.82) is 0 Å². The van der Waals surface area contributed by atoms with Crippen LogP contribution < -0.4 is 11.0 Å². The zero-order valence-corrected chi connectivity index (χ0v) is 12.3. The molecule has 1 heterocycles. The van der Waals surface area contributed by atoms with Crippen LogP contribution in [0, 0.1) is 11.8 Å². The van der Waals surface area contributed by atoms with Gasteiger partial charge in [-0.15, -0.1) is 0 Å². The predicted octanol–water partition coefficient (Wildman–Crippen LogP) is 3.63. The van der Waals surface area contributed by atoms with Gasteiger partial charge in [-0.2, -0.15) is 0 Å². The SMILES string of the molecule is O=c1[nH]c2ccc(NC3CCC4CCCCC4C3)cc2[nH]1. The van der Waals surface area contributed by atoms with E-state index in [1.54, 1.807) is 0 Å². The molecule has 21 heavy (non-hydrogen) atoms. The van der Waals surface area contributed by atoms with Crippen LogP contribution in [0.2, 0.25) is 0 Å². The number of fused-ring (bicyclic) bond motifs is 2. The van der Waals surface area contributed by atoms with Crippen LogP contribution in [-0.4, -0.2) is 16.0 Å². The summed E-state index contributed by atoms with van der Waals surface area (Å²) in [6.07, 6.45) is 9.71. The molecule has 3 unspecified atom stereocenters. The highest BCUT2D eigenvalue weighted by Gasteiger charge is 2.31. The quantitative estimate of drug-likeness (QED) is 0.789. The molecule has 4 nitrogen and oxygen atoms in total. The third kappa shape index (κ3) is 2.59. The number of anilines is 1. The molecular formula is C17H23N3O. The Balaban J connectivity index is 1.48. The molecule has 2 aliphatic rings. The topological polar surface area (TPSA) is 60.7 Å². The first-order chi connectivity index (χ1) is 10.3. The summed E-state index contributed by atoms with van der Waals surface area (Å²) in [7, 11) is 0. The molecule has 3 atom stereocenters. The Morgan fingerprint density at radius 3 is 2.67 bits per heavy atom. The lowest BCUT2D eigenvalue weighted by Crippen LogP contribution is -2.34. The standard InChI is InChI=1S/C17H23N3O/c21-17-19-15-8-7-14(10-16(15)20-17)18-13-6-5-11-3-1-2-4-12(11)9-13/h7-8,10-13,18H,1-6,9H2,(H2,19,20,21). The fourth-order valence-electron chi connectivity index (χ4n) is 4.36. The van der Waals surface area contributed by atoms with Crippen molar-refractivity contribution in [2.45, 2.75) is 51.0 Å². The van der Waals surface area contributed by atoms with E-state index in [2.05, 4.69) is 21.4 Å². The van der Waals surface area contributed by atoms with E-state index in [0.717, 1.165) is 28.6 Å². The van der Waals surface area contributed by atoms with Crippen molar-refractivity contribution < 1.29 is 0 Å². The van der Waals surface area contributed by atoms with Crippen molar-refractivity contribution in [1.82, 2.24) is 9.97 Å². The van der Waals surface area contributed by atoms with E-state index >= 15 is 0 Å². The third-order valence-electron chi connectivity index (χ3n) is 5.43. The molecule has 2 saturated carbocycles. The lowest BCUT2D eigenvalue weighted by molar-refractivity contribution is 0.162. The summed E-state index contributed by atoms with van der Waals surface area (Å²) in [5.41, 5.74) is 2.75. The number of hydrogen-bond donors (Lipinski definition) is 3. The third-order valence-corrected chi connectivity index (χ3v) is 5.43. The molecule has 0 saturated heterocycles. The van der Waals surface area contributed by atoms with Crippen LogP contribution >= 0.6 is 0 Å². The summed E-state index contributed by atoms with van der Waals surface area (Å²) >= 11 is 0. The van der Waals surface area contributed by atoms with Crippen molar-refractivity contribution in [3.05, 3.63) is 28.7 Å². The van der Waals surface area contributed by atoms with Gasteiger partial charge in [-0.3, -0.25) is 0 Å². The Kier molecular flexibility index (Phi) is 3.24. The summed E-state index contributed by atoms with van der Waals surface area (Å²) in [5.74, 6) is 1.92. The van der Waals surface area contributed by atoms with E-state index in [9.17, 15) is 4.79 Å². The predicted molar refractivity (Wildman–Crippen MR) is 85.6 cm³/mol. The minimum absolute atomic E-state index is 0.134. The first-order valence-corrected chi connectivity index (χ1v) is 8.26. The van der Waals surface area contributed by atoms with Gasteiger partial charge in [0.1, 0.15) is 0 Å². The van der Waals surface area contributed by atoms with Gasteiger partial charge in [0.05, 0.1) is 11.0 Å². The largest absolute Gasteiger partial charge is 0.382 e. The molecule has 0 radical (unpaired) electrons. The average Bonchev–Trinajstić information content (AvgIpc) is 2.86. The maximum Gasteiger partial charge on any atom is 0.323 e. The number of aromatic nitrogens is 2. The van der Waals surface area contributed by atoms with Crippen LogP contribution in [0.5, 0.6) is 0 Å². The van der Waals surface area contributed by atoms with E-state index in [0.29, 0.717) is 6.04 Å². The van der Waals surface area contributed by atoms with E-state index in [-0.39, 0.29) is 5.69 Å². The van der Waals surface area contributed by atoms with Gasteiger partial charge in [0.25, 0.3) is 0 Å². The monoisotopic (exact) mass is 285 g/mol. The number of rotatable bonds is 2. The van der Waals surface area contributed by atoms with Crippen LogP contribution in [0.25, 0.3) is 11.0 Å². The van der Waals surface area contributed by atoms with Crippen molar-refractivity contribution in [2.75, 3.05) is 5.32 Å². The van der Waals surface area contributed by atoms with Gasteiger partial charge >= 0.3 is 5.69 Å². The Bertz CT molecular complexity index is 687. The van der Waals surface area contributed by atoms with E-state index in [4.69, 9.17) is 0 Å². The van der Waals surface area contributed by atoms with Gasteiger partial charge in [0, 0.05) is 11.7 Å². The fourth-order valence-corrected chi connectivity index (χ4v) is 4.36. The van der Waals surface area contributed by atoms with Gasteiger partial charge in [-0.1, -0.05) is 25.7 Å². The summed E-state index contributed by atoms with van der Waals surface area (Å²) in [6, 6.07) is 6.67. The summed E-state index contributed by atoms with van der Waals surface area (Å²) < 4.78 is 0. The van der Waals surface area contributed by atoms with Crippen molar-refractivity contribution in [2.24, 2.45) is 11.8 Å². The molecule has 0 spiro atoms. The molecule has 0 amide bonds. The van der Waals surface area contributed by atoms with Gasteiger partial charge in [-0.25, -0.2) is 4.79 Å². The molecule has 2 aliphatic carbocycles. The maximum atomic E-state index is 11.3. The smallest absolute Gasteiger partial charge is 0.323 e. The van der Waals surface area contributed by atoms with Crippen molar-refractivity contribution in [3.63, 3.8) is 0 Å². The molecule has 0 aliphatic heterocycles. The highest BCUT2D eigenvalue weighted by molar-refractivity contribution is 5.78. The molecule has 1 aromatic carbocycles. The van der Waals surface area contributed by atoms with Gasteiger partial charge in [0.15, 0.2) is 0 Å². The second-order valence-electron chi connectivity index (χ2n) is 6.80. The first kappa shape index (κ1) is 13.0. The lowest BCUT2D eigenvalue weighted by atomic mass is 9.69. The minimum atomic E-state index is -0.134. The average molecular weight is 285 g/mol. The minimum Gasteiger partial charge on any atom is -0.382 e. The summed E-state index contributed by atoms with van der Waals surface area (Å²) in [4.78, 5) is 16.9. The van der Waals surface area contributed by atoms with Gasteiger partial charge in [-0.05, 0) is 49.3 Å². The molecule has 4 rings (SSSR count). The van der Waals surface area contributed by atoms with E-state index in [1.165, 1.54) is 44.9 Å². The van der Waals surface area contributed by atoms with Crippen LogP contribution in [0.4, 0.5) is 5.69 Å². The first-order valence-electron chi connectivity index (χ1n) is 8.26. The maximum absolute atomic E-state index is 11.3. The second-order valence-corrected chi connectivity index (χ2v) is 6.80. The van der Waals surface area contributed by atoms with Crippen LogP contribution in [0.1, 0.15) is 44.9 Å². The molecule has 3 N–H and O–H groups in total. The number of aromatic amines is 2. The Morgan fingerprint density at radius 1 is 0.952 bits per heavy atom. The number of nitrogens with one attached hydrogen (secondary N) is 3. The van der Waals surface area contributed by atoms with Crippen LogP contribution in [0.15, 0.2) is 23.0 Å². The molecule has 4 heteroatoms. The lowest BCUT2D eigenvalue weighted by Gasteiger charge is -2.39. The number of hydrogen-bond acceptors (Lipinski definition) is 2. The highest BCUT2D eigenvalue weighted by Crippen LogP contribution is 2.41. The highest BCUT2D eigenvalue weighted by atomic mass is 16.1. The fraction of sp³-hybridized carbons (Fsp3) is 0.588. The van der Waals surface area contributed by atoms with Crippen LogP contribution in [-0.2, 0) is 0 Å². The normalized spacial score (nSPS) is 29.2. The van der Waals surface area contributed by atoms with Gasteiger partial charge in [0.2, 0.25) is 0 Å². The summed E-state index contributed by atoms with van der Waals surface area (Å²) in [5, 5.41) is 3.68. The number of benzene rings is 1. The van der Waals surface area contributed by atoms with Gasteiger partial charge < -0.3 is 15.3 Å².